The van der Waals surface area contributed by atoms with Crippen LogP contribution in [0.25, 0.3) is 11.0 Å². The average Bonchev–Trinajstić information content (AvgIpc) is 2.89. The van der Waals surface area contributed by atoms with Gasteiger partial charge in [-0.05, 0) is 31.0 Å². The molecule has 0 bridgehead atoms. The first-order chi connectivity index (χ1) is 12.0. The summed E-state index contributed by atoms with van der Waals surface area (Å²) < 4.78 is 10.4. The van der Waals surface area contributed by atoms with E-state index in [-0.39, 0.29) is 29.2 Å². The first-order valence-corrected chi connectivity index (χ1v) is 8.61. The van der Waals surface area contributed by atoms with Crippen molar-refractivity contribution in [1.29, 1.82) is 0 Å². The van der Waals surface area contributed by atoms with Gasteiger partial charge in [-0.15, -0.1) is 0 Å². The summed E-state index contributed by atoms with van der Waals surface area (Å²) in [4.78, 5) is 38.0. The van der Waals surface area contributed by atoms with E-state index >= 15 is 0 Å². The third kappa shape index (κ3) is 4.20. The molecule has 2 aromatic rings. The molecule has 0 radical (unpaired) electrons. The summed E-state index contributed by atoms with van der Waals surface area (Å²) in [5, 5.41) is 0.683. The Hall–Kier alpha value is -2.34. The Morgan fingerprint density at radius 2 is 1.84 bits per heavy atom. The fourth-order valence-corrected chi connectivity index (χ4v) is 3.01. The maximum atomic E-state index is 12.1. The number of hydrogen-bond acceptors (Lipinski definition) is 5. The Morgan fingerprint density at radius 1 is 1.12 bits per heavy atom. The van der Waals surface area contributed by atoms with Crippen LogP contribution in [-0.4, -0.2) is 36.5 Å². The van der Waals surface area contributed by atoms with Gasteiger partial charge < -0.3 is 14.1 Å². The molecule has 0 unspecified atom stereocenters. The van der Waals surface area contributed by atoms with Gasteiger partial charge >= 0.3 is 5.97 Å². The molecule has 0 N–H and O–H groups in total. The Morgan fingerprint density at radius 3 is 2.56 bits per heavy atom. The predicted molar refractivity (Wildman–Crippen MR) is 92.8 cm³/mol. The summed E-state index contributed by atoms with van der Waals surface area (Å²) in [5.41, 5.74) is -0.155. The van der Waals surface area contributed by atoms with E-state index in [0.29, 0.717) is 18.1 Å². The number of esters is 1. The van der Waals surface area contributed by atoms with Crippen molar-refractivity contribution in [2.24, 2.45) is 0 Å². The molecule has 0 atom stereocenters. The summed E-state index contributed by atoms with van der Waals surface area (Å²) in [6.07, 6.45) is 4.13. The van der Waals surface area contributed by atoms with Crippen LogP contribution in [0.2, 0.25) is 5.02 Å². The van der Waals surface area contributed by atoms with Crippen LogP contribution in [0.3, 0.4) is 0 Å². The number of ether oxygens (including phenoxy) is 1. The minimum absolute atomic E-state index is 0.231. The minimum atomic E-state index is -0.836. The van der Waals surface area contributed by atoms with Crippen LogP contribution in [0.15, 0.2) is 33.5 Å². The number of nitrogens with zero attached hydrogens (tertiary/aromatic N) is 1. The third-order valence-corrected chi connectivity index (χ3v) is 4.41. The van der Waals surface area contributed by atoms with Crippen LogP contribution in [0, 0.1) is 0 Å². The second kappa shape index (κ2) is 7.70. The smallest absolute Gasteiger partial charge is 0.374 e. The molecule has 7 heteroatoms. The van der Waals surface area contributed by atoms with E-state index in [0.717, 1.165) is 31.7 Å². The summed E-state index contributed by atoms with van der Waals surface area (Å²) in [6, 6.07) is 5.60. The molecule has 25 heavy (non-hydrogen) atoms. The normalized spacial score (nSPS) is 15.0. The van der Waals surface area contributed by atoms with Gasteiger partial charge in [0.25, 0.3) is 5.91 Å². The Labute approximate surface area is 149 Å². The predicted octanol–water partition coefficient (Wildman–Crippen LogP) is 3.01. The van der Waals surface area contributed by atoms with Crippen molar-refractivity contribution in [2.45, 2.75) is 25.7 Å². The second-order valence-corrected chi connectivity index (χ2v) is 6.42. The van der Waals surface area contributed by atoms with Gasteiger partial charge in [-0.25, -0.2) is 4.79 Å². The maximum Gasteiger partial charge on any atom is 0.374 e. The monoisotopic (exact) mass is 363 g/mol. The quantitative estimate of drug-likeness (QED) is 0.783. The fourth-order valence-electron chi connectivity index (χ4n) is 2.84. The Bertz CT molecular complexity index is 852. The van der Waals surface area contributed by atoms with Crippen molar-refractivity contribution in [3.63, 3.8) is 0 Å². The Balaban J connectivity index is 1.68. The highest BCUT2D eigenvalue weighted by molar-refractivity contribution is 6.31. The molecule has 132 valence electrons. The number of rotatable bonds is 3. The van der Waals surface area contributed by atoms with Crippen molar-refractivity contribution >= 4 is 34.4 Å². The van der Waals surface area contributed by atoms with E-state index in [4.69, 9.17) is 20.8 Å². The lowest BCUT2D eigenvalue weighted by Crippen LogP contribution is -2.35. The molecule has 2 heterocycles. The van der Waals surface area contributed by atoms with Gasteiger partial charge in [0, 0.05) is 24.2 Å². The molecule has 1 aromatic heterocycles. The number of amides is 1. The minimum Gasteiger partial charge on any atom is -0.450 e. The molecular formula is C18H18ClNO5. The molecule has 1 fully saturated rings. The van der Waals surface area contributed by atoms with Crippen LogP contribution >= 0.6 is 11.6 Å². The lowest BCUT2D eigenvalue weighted by molar-refractivity contribution is -0.134. The van der Waals surface area contributed by atoms with Gasteiger partial charge in [0.1, 0.15) is 5.58 Å². The molecule has 1 aliphatic rings. The van der Waals surface area contributed by atoms with Crippen LogP contribution in [-0.2, 0) is 9.53 Å². The zero-order valence-electron chi connectivity index (χ0n) is 13.6. The molecule has 3 rings (SSSR count). The van der Waals surface area contributed by atoms with Gasteiger partial charge in [-0.2, -0.15) is 0 Å². The maximum absolute atomic E-state index is 12.1. The largest absolute Gasteiger partial charge is 0.450 e. The summed E-state index contributed by atoms with van der Waals surface area (Å²) in [7, 11) is 0. The summed E-state index contributed by atoms with van der Waals surface area (Å²) in [5.74, 6) is -1.30. The lowest BCUT2D eigenvalue weighted by atomic mass is 10.2. The lowest BCUT2D eigenvalue weighted by Gasteiger charge is -2.19. The standard InChI is InChI=1S/C18H18ClNO5/c19-12-5-6-15-13(9-12)14(21)10-16(25-15)18(23)24-11-17(22)20-7-3-1-2-4-8-20/h5-6,9-10H,1-4,7-8,11H2. The molecular weight excluding hydrogens is 346 g/mol. The molecule has 1 aliphatic heterocycles. The van der Waals surface area contributed by atoms with Gasteiger partial charge in [0.05, 0.1) is 5.39 Å². The van der Waals surface area contributed by atoms with Gasteiger partial charge in [0.15, 0.2) is 12.0 Å². The zero-order chi connectivity index (χ0) is 17.8. The number of benzene rings is 1. The molecule has 1 saturated heterocycles. The highest BCUT2D eigenvalue weighted by atomic mass is 35.5. The van der Waals surface area contributed by atoms with E-state index < -0.39 is 11.4 Å². The molecule has 0 aliphatic carbocycles. The molecule has 1 aromatic carbocycles. The number of likely N-dealkylation sites (tertiary alicyclic amines) is 1. The number of carbonyl (C=O) groups is 2. The Kier molecular flexibility index (Phi) is 5.38. The van der Waals surface area contributed by atoms with Crippen molar-refractivity contribution < 1.29 is 18.7 Å². The summed E-state index contributed by atoms with van der Waals surface area (Å²) in [6.45, 7) is 1.01. The summed E-state index contributed by atoms with van der Waals surface area (Å²) >= 11 is 5.85. The van der Waals surface area contributed by atoms with Crippen LogP contribution in [0.4, 0.5) is 0 Å². The number of carbonyl (C=O) groups excluding carboxylic acids is 2. The molecule has 6 nitrogen and oxygen atoms in total. The first-order valence-electron chi connectivity index (χ1n) is 8.23. The first kappa shape index (κ1) is 17.5. The highest BCUT2D eigenvalue weighted by Crippen LogP contribution is 2.18. The van der Waals surface area contributed by atoms with Crippen molar-refractivity contribution in [1.82, 2.24) is 4.90 Å². The zero-order valence-corrected chi connectivity index (χ0v) is 14.4. The number of halogens is 1. The average molecular weight is 364 g/mol. The van der Waals surface area contributed by atoms with Crippen LogP contribution in [0.5, 0.6) is 0 Å². The molecule has 0 saturated carbocycles. The van der Waals surface area contributed by atoms with E-state index in [1.807, 2.05) is 0 Å². The number of hydrogen-bond donors (Lipinski definition) is 0. The molecule has 1 amide bonds. The van der Waals surface area contributed by atoms with Crippen LogP contribution in [0.1, 0.15) is 36.2 Å². The molecule has 0 spiro atoms. The topological polar surface area (TPSA) is 76.8 Å². The van der Waals surface area contributed by atoms with Crippen LogP contribution < -0.4 is 5.43 Å². The van der Waals surface area contributed by atoms with Gasteiger partial charge in [0.2, 0.25) is 5.76 Å². The van der Waals surface area contributed by atoms with E-state index in [1.54, 1.807) is 11.0 Å². The van der Waals surface area contributed by atoms with E-state index in [1.165, 1.54) is 12.1 Å². The highest BCUT2D eigenvalue weighted by Gasteiger charge is 2.19. The number of fused-ring (bicyclic) bond motifs is 1. The van der Waals surface area contributed by atoms with Crippen molar-refractivity contribution in [2.75, 3.05) is 19.7 Å². The third-order valence-electron chi connectivity index (χ3n) is 4.18. The van der Waals surface area contributed by atoms with Gasteiger partial charge in [-0.1, -0.05) is 24.4 Å². The van der Waals surface area contributed by atoms with Gasteiger partial charge in [-0.3, -0.25) is 9.59 Å². The van der Waals surface area contributed by atoms with Crippen molar-refractivity contribution in [3.05, 3.63) is 45.3 Å². The fraction of sp³-hybridized carbons (Fsp3) is 0.389. The SMILES string of the molecule is O=C(OCC(=O)N1CCCCCC1)c1cc(=O)c2cc(Cl)ccc2o1. The van der Waals surface area contributed by atoms with E-state index in [2.05, 4.69) is 0 Å². The van der Waals surface area contributed by atoms with Crippen molar-refractivity contribution in [3.8, 4) is 0 Å². The second-order valence-electron chi connectivity index (χ2n) is 5.99. The van der Waals surface area contributed by atoms with E-state index in [9.17, 15) is 14.4 Å².